The number of carbonyl (C=O) groups excluding carboxylic acids is 1. The second kappa shape index (κ2) is 14.1. The van der Waals surface area contributed by atoms with Crippen LogP contribution < -0.4 is 14.8 Å². The first kappa shape index (κ1) is 32.6. The smallest absolute Gasteiger partial charge is 0.422 e. The molecule has 0 saturated heterocycles. The average Bonchev–Trinajstić information content (AvgIpc) is 2.83. The molecule has 0 bridgehead atoms. The Balaban J connectivity index is 0.000000293. The standard InChI is InChI=1S/C14H16BrF3N2O3.C8H5BrF3NO3/c15-9-5-8(6-19-13(9)23-7-14(16,17)18)12(22)20-10-3-1-2-4-11(10)21;9-5-1-4(7(14)15)2-13-6(5)16-3-8(10,11)12/h5-6,10-11,21H,1-4,7H2,(H,20,22);1-2H,3H2,(H,14,15)/t10-,11-;/m1./s1. The van der Waals surface area contributed by atoms with Crippen LogP contribution in [0.4, 0.5) is 26.3 Å². The van der Waals surface area contributed by atoms with Gasteiger partial charge in [0.05, 0.1) is 32.2 Å². The van der Waals surface area contributed by atoms with Gasteiger partial charge in [-0.25, -0.2) is 14.8 Å². The van der Waals surface area contributed by atoms with Crippen LogP contribution in [-0.4, -0.2) is 69.8 Å². The monoisotopic (exact) mass is 695 g/mol. The maximum absolute atomic E-state index is 12.1. The number of ether oxygens (including phenoxy) is 2. The van der Waals surface area contributed by atoms with E-state index in [1.54, 1.807) is 0 Å². The summed E-state index contributed by atoms with van der Waals surface area (Å²) in [5.41, 5.74) is 0.0280. The molecule has 9 nitrogen and oxygen atoms in total. The molecule has 3 rings (SSSR count). The van der Waals surface area contributed by atoms with E-state index in [0.29, 0.717) is 12.8 Å². The SMILES string of the molecule is O=C(N[C@@H]1CCCC[C@H]1O)c1cnc(OCC(F)(F)F)c(Br)c1.O=C(O)c1cnc(OCC(F)(F)F)c(Br)c1. The molecular formula is C22H21Br2F6N3O6. The maximum atomic E-state index is 12.1. The number of hydrogen-bond donors (Lipinski definition) is 3. The number of pyridine rings is 2. The van der Waals surface area contributed by atoms with Crippen LogP contribution >= 0.6 is 31.9 Å². The van der Waals surface area contributed by atoms with Gasteiger partial charge in [0.25, 0.3) is 5.91 Å². The first-order valence-electron chi connectivity index (χ1n) is 11.0. The Morgan fingerprint density at radius 1 is 0.897 bits per heavy atom. The number of rotatable bonds is 7. The molecule has 1 amide bonds. The van der Waals surface area contributed by atoms with Gasteiger partial charge >= 0.3 is 18.3 Å². The van der Waals surface area contributed by atoms with E-state index in [1.165, 1.54) is 6.07 Å². The molecule has 0 radical (unpaired) electrons. The second-order valence-corrected chi connectivity index (χ2v) is 9.78. The van der Waals surface area contributed by atoms with Crippen LogP contribution in [0.25, 0.3) is 0 Å². The van der Waals surface area contributed by atoms with Crippen molar-refractivity contribution in [1.82, 2.24) is 15.3 Å². The zero-order valence-electron chi connectivity index (χ0n) is 19.7. The topological polar surface area (TPSA) is 131 Å². The van der Waals surface area contributed by atoms with Gasteiger partial charge in [0.2, 0.25) is 11.8 Å². The Hall–Kier alpha value is -2.66. The zero-order chi connectivity index (χ0) is 29.4. The lowest BCUT2D eigenvalue weighted by Crippen LogP contribution is -2.45. The molecule has 1 aliphatic carbocycles. The lowest BCUT2D eigenvalue weighted by molar-refractivity contribution is -0.154. The Kier molecular flexibility index (Phi) is 11.8. The molecule has 0 unspecified atom stereocenters. The van der Waals surface area contributed by atoms with E-state index in [4.69, 9.17) is 5.11 Å². The minimum atomic E-state index is -4.47. The third-order valence-corrected chi connectivity index (χ3v) is 6.05. The normalized spacial score (nSPS) is 17.5. The van der Waals surface area contributed by atoms with E-state index >= 15 is 0 Å². The molecule has 216 valence electrons. The van der Waals surface area contributed by atoms with Crippen LogP contribution in [0.1, 0.15) is 46.4 Å². The molecule has 0 spiro atoms. The molecule has 2 heterocycles. The van der Waals surface area contributed by atoms with Crippen molar-refractivity contribution in [2.45, 2.75) is 50.2 Å². The van der Waals surface area contributed by atoms with E-state index in [0.717, 1.165) is 31.3 Å². The van der Waals surface area contributed by atoms with Crippen molar-refractivity contribution in [3.05, 3.63) is 44.6 Å². The summed E-state index contributed by atoms with van der Waals surface area (Å²) in [6.45, 7) is -2.94. The number of aromatic carboxylic acids is 1. The fraction of sp³-hybridized carbons (Fsp3) is 0.455. The molecule has 2 aromatic heterocycles. The molecule has 1 aliphatic rings. The molecule has 39 heavy (non-hydrogen) atoms. The molecule has 1 saturated carbocycles. The van der Waals surface area contributed by atoms with Crippen molar-refractivity contribution >= 4 is 43.7 Å². The van der Waals surface area contributed by atoms with Crippen LogP contribution in [0.15, 0.2) is 33.5 Å². The quantitative estimate of drug-likeness (QED) is 0.333. The molecular weight excluding hydrogens is 676 g/mol. The number of aromatic nitrogens is 2. The highest BCUT2D eigenvalue weighted by atomic mass is 79.9. The summed E-state index contributed by atoms with van der Waals surface area (Å²) in [6, 6.07) is 2.13. The van der Waals surface area contributed by atoms with Gasteiger partial charge in [-0.3, -0.25) is 4.79 Å². The highest BCUT2D eigenvalue weighted by molar-refractivity contribution is 9.10. The largest absolute Gasteiger partial charge is 0.478 e. The number of carboxylic acid groups (broad SMARTS) is 1. The van der Waals surface area contributed by atoms with Gasteiger partial charge < -0.3 is 25.0 Å². The number of aliphatic hydroxyl groups is 1. The molecule has 3 N–H and O–H groups in total. The fourth-order valence-electron chi connectivity index (χ4n) is 3.14. The number of nitrogens with one attached hydrogen (secondary N) is 1. The van der Waals surface area contributed by atoms with Crippen LogP contribution in [-0.2, 0) is 0 Å². The van der Waals surface area contributed by atoms with E-state index < -0.39 is 43.5 Å². The van der Waals surface area contributed by atoms with Crippen LogP contribution in [0.2, 0.25) is 0 Å². The van der Waals surface area contributed by atoms with E-state index in [9.17, 15) is 41.0 Å². The van der Waals surface area contributed by atoms with Gasteiger partial charge in [0.15, 0.2) is 13.2 Å². The predicted molar refractivity (Wildman–Crippen MR) is 130 cm³/mol. The highest BCUT2D eigenvalue weighted by Crippen LogP contribution is 2.27. The van der Waals surface area contributed by atoms with Crippen molar-refractivity contribution in [3.63, 3.8) is 0 Å². The number of amides is 1. The van der Waals surface area contributed by atoms with Crippen molar-refractivity contribution in [3.8, 4) is 11.8 Å². The third kappa shape index (κ3) is 11.5. The Morgan fingerprint density at radius 3 is 1.79 bits per heavy atom. The number of aliphatic hydroxyl groups excluding tert-OH is 1. The summed E-state index contributed by atoms with van der Waals surface area (Å²) >= 11 is 5.90. The van der Waals surface area contributed by atoms with Gasteiger partial charge in [-0.1, -0.05) is 12.8 Å². The third-order valence-electron chi connectivity index (χ3n) is 4.92. The number of carbonyl (C=O) groups is 2. The predicted octanol–water partition coefficient (Wildman–Crippen LogP) is 5.30. The molecule has 0 aromatic carbocycles. The summed E-state index contributed by atoms with van der Waals surface area (Å²) in [5, 5.41) is 21.1. The molecule has 0 aliphatic heterocycles. The molecule has 1 fully saturated rings. The number of nitrogens with zero attached hydrogens (tertiary/aromatic N) is 2. The van der Waals surface area contributed by atoms with Gasteiger partial charge in [-0.05, 0) is 56.8 Å². The van der Waals surface area contributed by atoms with Gasteiger partial charge in [0.1, 0.15) is 0 Å². The molecule has 17 heteroatoms. The van der Waals surface area contributed by atoms with Crippen LogP contribution in [0, 0.1) is 0 Å². The van der Waals surface area contributed by atoms with Gasteiger partial charge in [-0.15, -0.1) is 0 Å². The number of halogens is 8. The lowest BCUT2D eigenvalue weighted by atomic mass is 9.92. The van der Waals surface area contributed by atoms with Crippen LogP contribution in [0.5, 0.6) is 11.8 Å². The number of hydrogen-bond acceptors (Lipinski definition) is 7. The Labute approximate surface area is 234 Å². The van der Waals surface area contributed by atoms with Crippen molar-refractivity contribution in [1.29, 1.82) is 0 Å². The zero-order valence-corrected chi connectivity index (χ0v) is 22.8. The van der Waals surface area contributed by atoms with E-state index in [1.807, 2.05) is 0 Å². The fourth-order valence-corrected chi connectivity index (χ4v) is 4.06. The Morgan fingerprint density at radius 2 is 1.36 bits per heavy atom. The first-order chi connectivity index (χ1) is 18.1. The Bertz CT molecular complexity index is 1150. The van der Waals surface area contributed by atoms with E-state index in [2.05, 4.69) is 56.6 Å². The first-order valence-corrected chi connectivity index (χ1v) is 12.6. The molecule has 2 aromatic rings. The second-order valence-electron chi connectivity index (χ2n) is 8.07. The summed E-state index contributed by atoms with van der Waals surface area (Å²) in [5.74, 6) is -2.21. The highest BCUT2D eigenvalue weighted by Gasteiger charge is 2.30. The number of carboxylic acids is 1. The minimum absolute atomic E-state index is 0.0525. The minimum Gasteiger partial charge on any atom is -0.478 e. The average molecular weight is 697 g/mol. The summed E-state index contributed by atoms with van der Waals surface area (Å²) in [4.78, 5) is 29.8. The summed E-state index contributed by atoms with van der Waals surface area (Å²) < 4.78 is 80.9. The van der Waals surface area contributed by atoms with Crippen molar-refractivity contribution in [2.75, 3.05) is 13.2 Å². The van der Waals surface area contributed by atoms with Gasteiger partial charge in [-0.2, -0.15) is 26.3 Å². The van der Waals surface area contributed by atoms with Crippen LogP contribution in [0.3, 0.4) is 0 Å². The molecule has 2 atom stereocenters. The maximum Gasteiger partial charge on any atom is 0.422 e. The summed E-state index contributed by atoms with van der Waals surface area (Å²) in [7, 11) is 0. The summed E-state index contributed by atoms with van der Waals surface area (Å²) in [6.07, 6.45) is -4.29. The van der Waals surface area contributed by atoms with E-state index in [-0.39, 0.29) is 37.9 Å². The lowest BCUT2D eigenvalue weighted by Gasteiger charge is -2.28. The number of alkyl halides is 6. The van der Waals surface area contributed by atoms with Crippen molar-refractivity contribution < 1.29 is 55.6 Å². The van der Waals surface area contributed by atoms with Crippen molar-refractivity contribution in [2.24, 2.45) is 0 Å². The van der Waals surface area contributed by atoms with Gasteiger partial charge in [0, 0.05) is 12.4 Å².